The van der Waals surface area contributed by atoms with Crippen LogP contribution < -0.4 is 10.6 Å². The predicted octanol–water partition coefficient (Wildman–Crippen LogP) is 0.902. The molecule has 2 heterocycles. The number of carbonyl (C=O) groups is 1. The van der Waals surface area contributed by atoms with Gasteiger partial charge in [0.25, 0.3) is 5.91 Å². The third kappa shape index (κ3) is 4.11. The first-order valence-electron chi connectivity index (χ1n) is 6.51. The van der Waals surface area contributed by atoms with Gasteiger partial charge in [0.05, 0.1) is 5.56 Å². The van der Waals surface area contributed by atoms with Gasteiger partial charge in [0, 0.05) is 62.8 Å². The Hall–Kier alpha value is -1.27. The third-order valence-corrected chi connectivity index (χ3v) is 4.09. The number of amides is 1. The minimum absolute atomic E-state index is 0.0659. The van der Waals surface area contributed by atoms with Crippen LogP contribution in [0.1, 0.15) is 10.4 Å². The second-order valence-electron chi connectivity index (χ2n) is 4.38. The molecular weight excluding hydrogens is 260 g/mol. The quantitative estimate of drug-likeness (QED) is 0.839. The van der Waals surface area contributed by atoms with Crippen LogP contribution in [-0.2, 0) is 0 Å². The van der Waals surface area contributed by atoms with Gasteiger partial charge in [-0.3, -0.25) is 14.7 Å². The number of hydrogen-bond donors (Lipinski definition) is 2. The van der Waals surface area contributed by atoms with Crippen molar-refractivity contribution in [3.05, 3.63) is 24.0 Å². The van der Waals surface area contributed by atoms with Crippen molar-refractivity contribution in [3.8, 4) is 0 Å². The van der Waals surface area contributed by atoms with Gasteiger partial charge in [0.1, 0.15) is 0 Å². The monoisotopic (exact) mass is 280 g/mol. The highest BCUT2D eigenvalue weighted by atomic mass is 32.2. The molecule has 6 heteroatoms. The molecule has 104 valence electrons. The number of aromatic nitrogens is 1. The molecule has 2 N–H and O–H groups in total. The Morgan fingerprint density at radius 1 is 1.47 bits per heavy atom. The highest BCUT2D eigenvalue weighted by molar-refractivity contribution is 7.99. The summed E-state index contributed by atoms with van der Waals surface area (Å²) < 4.78 is 0. The zero-order valence-corrected chi connectivity index (χ0v) is 12.0. The summed E-state index contributed by atoms with van der Waals surface area (Å²) in [5.74, 6) is 2.32. The number of nitrogens with one attached hydrogen (secondary N) is 2. The summed E-state index contributed by atoms with van der Waals surface area (Å²) in [6.07, 6.45) is 3.27. The normalized spacial score (nSPS) is 16.1. The number of rotatable bonds is 5. The summed E-state index contributed by atoms with van der Waals surface area (Å²) in [5, 5.41) is 5.96. The molecule has 0 spiro atoms. The van der Waals surface area contributed by atoms with Crippen molar-refractivity contribution in [3.63, 3.8) is 0 Å². The molecule has 1 aromatic rings. The summed E-state index contributed by atoms with van der Waals surface area (Å²) in [6, 6.07) is 1.80. The third-order valence-electron chi connectivity index (χ3n) is 3.15. The maximum absolute atomic E-state index is 12.1. The molecule has 19 heavy (non-hydrogen) atoms. The first-order valence-corrected chi connectivity index (χ1v) is 7.67. The fourth-order valence-electron chi connectivity index (χ4n) is 2.04. The number of hydrogen-bond acceptors (Lipinski definition) is 5. The maximum Gasteiger partial charge on any atom is 0.254 e. The van der Waals surface area contributed by atoms with Gasteiger partial charge in [-0.05, 0) is 6.07 Å². The van der Waals surface area contributed by atoms with Crippen molar-refractivity contribution < 1.29 is 4.79 Å². The van der Waals surface area contributed by atoms with Gasteiger partial charge in [-0.15, -0.1) is 0 Å². The molecule has 2 rings (SSSR count). The molecule has 0 aliphatic carbocycles. The van der Waals surface area contributed by atoms with Crippen LogP contribution in [0.5, 0.6) is 0 Å². The van der Waals surface area contributed by atoms with E-state index in [1.54, 1.807) is 25.5 Å². The predicted molar refractivity (Wildman–Crippen MR) is 79.9 cm³/mol. The Kier molecular flexibility index (Phi) is 5.47. The average Bonchev–Trinajstić information content (AvgIpc) is 2.48. The van der Waals surface area contributed by atoms with E-state index in [0.717, 1.165) is 25.3 Å². The van der Waals surface area contributed by atoms with Gasteiger partial charge in [0.2, 0.25) is 0 Å². The van der Waals surface area contributed by atoms with Gasteiger partial charge in [-0.25, -0.2) is 0 Å². The molecule has 1 aliphatic heterocycles. The number of anilines is 1. The van der Waals surface area contributed by atoms with E-state index < -0.39 is 0 Å². The highest BCUT2D eigenvalue weighted by Gasteiger charge is 2.12. The lowest BCUT2D eigenvalue weighted by molar-refractivity contribution is 0.0949. The van der Waals surface area contributed by atoms with Crippen molar-refractivity contribution in [2.45, 2.75) is 0 Å². The first kappa shape index (κ1) is 14.1. The molecule has 0 unspecified atom stereocenters. The lowest BCUT2D eigenvalue weighted by Crippen LogP contribution is -2.39. The molecule has 1 aliphatic rings. The van der Waals surface area contributed by atoms with E-state index >= 15 is 0 Å². The summed E-state index contributed by atoms with van der Waals surface area (Å²) in [6.45, 7) is 3.84. The highest BCUT2D eigenvalue weighted by Crippen LogP contribution is 2.12. The van der Waals surface area contributed by atoms with E-state index in [9.17, 15) is 4.79 Å². The van der Waals surface area contributed by atoms with E-state index in [1.807, 2.05) is 11.8 Å². The van der Waals surface area contributed by atoms with Crippen LogP contribution in [0, 0.1) is 0 Å². The molecule has 0 saturated carbocycles. The Bertz CT molecular complexity index is 421. The molecule has 0 aromatic carbocycles. The van der Waals surface area contributed by atoms with Crippen LogP contribution in [0.4, 0.5) is 5.69 Å². The zero-order chi connectivity index (χ0) is 13.5. The molecule has 1 saturated heterocycles. The molecule has 0 bridgehead atoms. The van der Waals surface area contributed by atoms with Crippen molar-refractivity contribution in [2.24, 2.45) is 0 Å². The largest absolute Gasteiger partial charge is 0.387 e. The number of nitrogens with zero attached hydrogens (tertiary/aromatic N) is 2. The Morgan fingerprint density at radius 2 is 2.26 bits per heavy atom. The topological polar surface area (TPSA) is 57.3 Å². The molecule has 0 atom stereocenters. The molecule has 5 nitrogen and oxygen atoms in total. The van der Waals surface area contributed by atoms with Gasteiger partial charge >= 0.3 is 0 Å². The van der Waals surface area contributed by atoms with Gasteiger partial charge in [-0.2, -0.15) is 11.8 Å². The van der Waals surface area contributed by atoms with E-state index in [2.05, 4.69) is 20.5 Å². The average molecular weight is 280 g/mol. The fourth-order valence-corrected chi connectivity index (χ4v) is 3.02. The zero-order valence-electron chi connectivity index (χ0n) is 11.2. The van der Waals surface area contributed by atoms with E-state index in [1.165, 1.54) is 11.5 Å². The van der Waals surface area contributed by atoms with Crippen molar-refractivity contribution in [2.75, 3.05) is 50.0 Å². The van der Waals surface area contributed by atoms with Crippen LogP contribution in [0.2, 0.25) is 0 Å². The summed E-state index contributed by atoms with van der Waals surface area (Å²) >= 11 is 1.99. The number of carbonyl (C=O) groups excluding carboxylic acids is 1. The second kappa shape index (κ2) is 7.35. The Labute approximate surface area is 118 Å². The van der Waals surface area contributed by atoms with Gasteiger partial charge < -0.3 is 10.6 Å². The lowest BCUT2D eigenvalue weighted by atomic mass is 10.2. The molecule has 0 radical (unpaired) electrons. The first-order chi connectivity index (χ1) is 9.31. The minimum Gasteiger partial charge on any atom is -0.387 e. The summed E-state index contributed by atoms with van der Waals surface area (Å²) in [7, 11) is 1.80. The van der Waals surface area contributed by atoms with Crippen LogP contribution in [0.25, 0.3) is 0 Å². The van der Waals surface area contributed by atoms with Crippen LogP contribution in [0.3, 0.4) is 0 Å². The number of pyridine rings is 1. The van der Waals surface area contributed by atoms with Crippen molar-refractivity contribution in [1.29, 1.82) is 0 Å². The van der Waals surface area contributed by atoms with Crippen molar-refractivity contribution in [1.82, 2.24) is 15.2 Å². The van der Waals surface area contributed by atoms with Crippen LogP contribution in [0.15, 0.2) is 18.5 Å². The number of thioether (sulfide) groups is 1. The minimum atomic E-state index is -0.0659. The molecule has 1 aromatic heterocycles. The van der Waals surface area contributed by atoms with Crippen molar-refractivity contribution >= 4 is 23.4 Å². The SMILES string of the molecule is CNc1ccncc1C(=O)NCCN1CCSCC1. The van der Waals surface area contributed by atoms with E-state index in [0.29, 0.717) is 12.1 Å². The Balaban J connectivity index is 1.80. The molecular formula is C13H20N4OS. The van der Waals surface area contributed by atoms with Gasteiger partial charge in [-0.1, -0.05) is 0 Å². The Morgan fingerprint density at radius 3 is 3.00 bits per heavy atom. The van der Waals surface area contributed by atoms with Crippen LogP contribution in [-0.4, -0.2) is 60.5 Å². The molecule has 1 amide bonds. The van der Waals surface area contributed by atoms with Crippen LogP contribution >= 0.6 is 11.8 Å². The smallest absolute Gasteiger partial charge is 0.254 e. The lowest BCUT2D eigenvalue weighted by Gasteiger charge is -2.26. The van der Waals surface area contributed by atoms with E-state index in [-0.39, 0.29) is 5.91 Å². The summed E-state index contributed by atoms with van der Waals surface area (Å²) in [4.78, 5) is 18.4. The van der Waals surface area contributed by atoms with Gasteiger partial charge in [0.15, 0.2) is 0 Å². The summed E-state index contributed by atoms with van der Waals surface area (Å²) in [5.41, 5.74) is 1.40. The standard InChI is InChI=1S/C13H20N4OS/c1-14-12-2-3-15-10-11(12)13(18)16-4-5-17-6-8-19-9-7-17/h2-3,10H,4-9H2,1H3,(H,14,15)(H,16,18). The fraction of sp³-hybridized carbons (Fsp3) is 0.538. The maximum atomic E-state index is 12.1. The second-order valence-corrected chi connectivity index (χ2v) is 5.61. The van der Waals surface area contributed by atoms with E-state index in [4.69, 9.17) is 0 Å². The molecule has 1 fully saturated rings.